The third kappa shape index (κ3) is 4.40. The standard InChI is InChI=1S/C15H16F6N2O/c16-14(17,18)11-2-1-10(12(7-11)15(19,20)21)8-23-5-3-9(4-6-23)13(22)24/h1-2,7,9H,3-6,8H2,(H2,22,24). The topological polar surface area (TPSA) is 46.3 Å². The minimum atomic E-state index is -4.87. The van der Waals surface area contributed by atoms with Gasteiger partial charge in [-0.05, 0) is 43.6 Å². The number of carbonyl (C=O) groups is 1. The molecule has 0 saturated carbocycles. The van der Waals surface area contributed by atoms with Crippen molar-refractivity contribution < 1.29 is 31.1 Å². The van der Waals surface area contributed by atoms with Crippen LogP contribution in [-0.2, 0) is 23.7 Å². The molecule has 2 rings (SSSR count). The van der Waals surface area contributed by atoms with Gasteiger partial charge in [-0.2, -0.15) is 26.3 Å². The Balaban J connectivity index is 2.20. The average molecular weight is 354 g/mol. The van der Waals surface area contributed by atoms with Gasteiger partial charge in [0, 0.05) is 12.5 Å². The largest absolute Gasteiger partial charge is 0.416 e. The summed E-state index contributed by atoms with van der Waals surface area (Å²) in [6.45, 7) is 0.607. The van der Waals surface area contributed by atoms with E-state index in [0.717, 1.165) is 6.07 Å². The minimum absolute atomic E-state index is 0.127. The molecule has 0 unspecified atom stereocenters. The van der Waals surface area contributed by atoms with Crippen molar-refractivity contribution in [3.05, 3.63) is 34.9 Å². The van der Waals surface area contributed by atoms with Gasteiger partial charge in [0.25, 0.3) is 0 Å². The molecule has 0 radical (unpaired) electrons. The van der Waals surface area contributed by atoms with Gasteiger partial charge in [0.2, 0.25) is 5.91 Å². The molecule has 1 aliphatic heterocycles. The van der Waals surface area contributed by atoms with Gasteiger partial charge in [-0.1, -0.05) is 6.07 Å². The summed E-state index contributed by atoms with van der Waals surface area (Å²) in [7, 11) is 0. The van der Waals surface area contributed by atoms with Crippen molar-refractivity contribution in [2.24, 2.45) is 11.7 Å². The summed E-state index contributed by atoms with van der Waals surface area (Å²) in [6.07, 6.45) is -8.85. The first-order valence-electron chi connectivity index (χ1n) is 7.27. The van der Waals surface area contributed by atoms with E-state index in [-0.39, 0.29) is 24.1 Å². The van der Waals surface area contributed by atoms with Gasteiger partial charge in [0.1, 0.15) is 0 Å². The van der Waals surface area contributed by atoms with Crippen LogP contribution < -0.4 is 5.73 Å². The number of hydrogen-bond donors (Lipinski definition) is 1. The smallest absolute Gasteiger partial charge is 0.369 e. The quantitative estimate of drug-likeness (QED) is 0.846. The molecule has 0 aliphatic carbocycles. The predicted molar refractivity (Wildman–Crippen MR) is 73.6 cm³/mol. The van der Waals surface area contributed by atoms with Crippen LogP contribution in [0.4, 0.5) is 26.3 Å². The molecule has 0 bridgehead atoms. The van der Waals surface area contributed by atoms with Crippen molar-refractivity contribution >= 4 is 5.91 Å². The number of amides is 1. The Morgan fingerprint density at radius 3 is 2.12 bits per heavy atom. The van der Waals surface area contributed by atoms with Gasteiger partial charge in [0.05, 0.1) is 11.1 Å². The van der Waals surface area contributed by atoms with E-state index < -0.39 is 29.4 Å². The Kier molecular flexibility index (Phi) is 5.12. The van der Waals surface area contributed by atoms with E-state index in [0.29, 0.717) is 32.0 Å². The maximum absolute atomic E-state index is 13.1. The van der Waals surface area contributed by atoms with E-state index in [4.69, 9.17) is 5.73 Å². The SMILES string of the molecule is NC(=O)C1CCN(Cc2ccc(C(F)(F)F)cc2C(F)(F)F)CC1. The van der Waals surface area contributed by atoms with E-state index in [2.05, 4.69) is 0 Å². The van der Waals surface area contributed by atoms with Crippen LogP contribution in [0.5, 0.6) is 0 Å². The number of halogens is 6. The van der Waals surface area contributed by atoms with Crippen molar-refractivity contribution in [1.29, 1.82) is 0 Å². The number of nitrogens with zero attached hydrogens (tertiary/aromatic N) is 1. The molecule has 24 heavy (non-hydrogen) atoms. The molecule has 1 fully saturated rings. The maximum Gasteiger partial charge on any atom is 0.416 e. The van der Waals surface area contributed by atoms with Crippen LogP contribution in [0, 0.1) is 5.92 Å². The van der Waals surface area contributed by atoms with E-state index in [1.54, 1.807) is 4.90 Å². The molecule has 1 saturated heterocycles. The molecule has 1 aromatic rings. The highest BCUT2D eigenvalue weighted by Crippen LogP contribution is 2.38. The predicted octanol–water partition coefficient (Wildman–Crippen LogP) is 3.42. The lowest BCUT2D eigenvalue weighted by Crippen LogP contribution is -2.38. The van der Waals surface area contributed by atoms with E-state index in [9.17, 15) is 31.1 Å². The number of nitrogens with two attached hydrogens (primary N) is 1. The van der Waals surface area contributed by atoms with Gasteiger partial charge in [-0.15, -0.1) is 0 Å². The first-order chi connectivity index (χ1) is 11.0. The monoisotopic (exact) mass is 354 g/mol. The van der Waals surface area contributed by atoms with Crippen LogP contribution in [0.3, 0.4) is 0 Å². The van der Waals surface area contributed by atoms with Crippen LogP contribution in [0.2, 0.25) is 0 Å². The highest BCUT2D eigenvalue weighted by Gasteiger charge is 2.38. The summed E-state index contributed by atoms with van der Waals surface area (Å²) >= 11 is 0. The van der Waals surface area contributed by atoms with Crippen LogP contribution >= 0.6 is 0 Å². The van der Waals surface area contributed by atoms with Crippen molar-refractivity contribution in [3.63, 3.8) is 0 Å². The summed E-state index contributed by atoms with van der Waals surface area (Å²) in [4.78, 5) is 12.8. The van der Waals surface area contributed by atoms with Crippen molar-refractivity contribution in [1.82, 2.24) is 4.90 Å². The maximum atomic E-state index is 13.1. The Morgan fingerprint density at radius 2 is 1.67 bits per heavy atom. The second-order valence-corrected chi connectivity index (χ2v) is 5.82. The van der Waals surface area contributed by atoms with Gasteiger partial charge < -0.3 is 5.73 Å². The number of hydrogen-bond acceptors (Lipinski definition) is 2. The number of piperidine rings is 1. The molecule has 134 valence electrons. The van der Waals surface area contributed by atoms with Crippen molar-refractivity contribution in [3.8, 4) is 0 Å². The molecule has 0 aromatic heterocycles. The zero-order chi connectivity index (χ0) is 18.1. The van der Waals surface area contributed by atoms with Crippen LogP contribution in [0.15, 0.2) is 18.2 Å². The first kappa shape index (κ1) is 18.6. The van der Waals surface area contributed by atoms with Gasteiger partial charge in [0.15, 0.2) is 0 Å². The lowest BCUT2D eigenvalue weighted by atomic mass is 9.95. The zero-order valence-electron chi connectivity index (χ0n) is 12.5. The third-order valence-electron chi connectivity index (χ3n) is 4.13. The Hall–Kier alpha value is -1.77. The average Bonchev–Trinajstić information content (AvgIpc) is 2.46. The van der Waals surface area contributed by atoms with Crippen LogP contribution in [0.25, 0.3) is 0 Å². The van der Waals surface area contributed by atoms with E-state index >= 15 is 0 Å². The Bertz CT molecular complexity index is 603. The molecule has 1 heterocycles. The highest BCUT2D eigenvalue weighted by atomic mass is 19.4. The molecule has 2 N–H and O–H groups in total. The summed E-state index contributed by atoms with van der Waals surface area (Å²) in [6, 6.07) is 1.66. The Morgan fingerprint density at radius 1 is 1.08 bits per heavy atom. The van der Waals surface area contributed by atoms with Gasteiger partial charge in [-0.3, -0.25) is 9.69 Å². The first-order valence-corrected chi connectivity index (χ1v) is 7.27. The fourth-order valence-electron chi connectivity index (χ4n) is 2.77. The number of benzene rings is 1. The summed E-state index contributed by atoms with van der Waals surface area (Å²) in [5.41, 5.74) is 2.37. The summed E-state index contributed by atoms with van der Waals surface area (Å²) in [5.74, 6) is -0.754. The van der Waals surface area contributed by atoms with E-state index in [1.807, 2.05) is 0 Å². The number of alkyl halides is 6. The molecule has 1 amide bonds. The van der Waals surface area contributed by atoms with Crippen molar-refractivity contribution in [2.75, 3.05) is 13.1 Å². The molecule has 1 aliphatic rings. The molecule has 3 nitrogen and oxygen atoms in total. The normalized spacial score (nSPS) is 17.9. The summed E-state index contributed by atoms with van der Waals surface area (Å²) < 4.78 is 77.2. The highest BCUT2D eigenvalue weighted by molar-refractivity contribution is 5.76. The number of rotatable bonds is 3. The van der Waals surface area contributed by atoms with Crippen LogP contribution in [-0.4, -0.2) is 23.9 Å². The summed E-state index contributed by atoms with van der Waals surface area (Å²) in [5, 5.41) is 0. The second kappa shape index (κ2) is 6.62. The Labute approximate surface area is 134 Å². The fraction of sp³-hybridized carbons (Fsp3) is 0.533. The molecule has 1 aromatic carbocycles. The van der Waals surface area contributed by atoms with Crippen LogP contribution in [0.1, 0.15) is 29.5 Å². The molecule has 0 atom stereocenters. The fourth-order valence-corrected chi connectivity index (χ4v) is 2.77. The molecule has 0 spiro atoms. The van der Waals surface area contributed by atoms with Crippen molar-refractivity contribution in [2.45, 2.75) is 31.7 Å². The van der Waals surface area contributed by atoms with Gasteiger partial charge in [-0.25, -0.2) is 0 Å². The second-order valence-electron chi connectivity index (χ2n) is 5.82. The third-order valence-corrected chi connectivity index (χ3v) is 4.13. The lowest BCUT2D eigenvalue weighted by molar-refractivity contribution is -0.143. The van der Waals surface area contributed by atoms with E-state index in [1.165, 1.54) is 0 Å². The number of likely N-dealkylation sites (tertiary alicyclic amines) is 1. The van der Waals surface area contributed by atoms with Gasteiger partial charge >= 0.3 is 12.4 Å². The molecular formula is C15H16F6N2O. The molecular weight excluding hydrogens is 338 g/mol. The minimum Gasteiger partial charge on any atom is -0.369 e. The molecule has 9 heteroatoms. The number of carbonyl (C=O) groups excluding carboxylic acids is 1. The zero-order valence-corrected chi connectivity index (χ0v) is 12.5. The lowest BCUT2D eigenvalue weighted by Gasteiger charge is -2.31. The number of primary amides is 1.